The number of fused-ring (bicyclic) bond motifs is 2. The highest BCUT2D eigenvalue weighted by Crippen LogP contribution is 2.34. The van der Waals surface area contributed by atoms with Gasteiger partial charge in [-0.15, -0.1) is 12.3 Å². The molecular formula is C50H55IN14O16. The summed E-state index contributed by atoms with van der Waals surface area (Å²) in [5, 5.41) is 80.3. The van der Waals surface area contributed by atoms with E-state index in [4.69, 9.17) is 41.9 Å². The molecule has 4 saturated heterocycles. The van der Waals surface area contributed by atoms with Crippen LogP contribution in [0.4, 0.5) is 32.6 Å². The number of carbonyl (C=O) groups is 2. The van der Waals surface area contributed by atoms with E-state index in [2.05, 4.69) is 47.7 Å². The quantitative estimate of drug-likeness (QED) is 0.0320. The lowest BCUT2D eigenvalue weighted by atomic mass is 9.94. The van der Waals surface area contributed by atoms with Gasteiger partial charge in [-0.1, -0.05) is 18.1 Å². The number of nitrogens with zero attached hydrogens (tertiary/aromatic N) is 12. The number of anilines is 2. The Morgan fingerprint density at radius 1 is 0.691 bits per heavy atom. The zero-order valence-electron chi connectivity index (χ0n) is 42.8. The molecule has 2 unspecified atom stereocenters. The van der Waals surface area contributed by atoms with Crippen molar-refractivity contribution in [3.63, 3.8) is 0 Å². The molecule has 0 bridgehead atoms. The van der Waals surface area contributed by atoms with Gasteiger partial charge in [-0.2, -0.15) is 0 Å². The number of ether oxygens (including phenoxy) is 4. The van der Waals surface area contributed by atoms with Crippen molar-refractivity contribution in [2.45, 2.75) is 87.6 Å². The van der Waals surface area contributed by atoms with Crippen molar-refractivity contribution in [1.29, 1.82) is 0 Å². The van der Waals surface area contributed by atoms with Gasteiger partial charge >= 0.3 is 12.2 Å². The normalized spacial score (nSPS) is 22.8. The molecule has 0 saturated carbocycles. The third-order valence-electron chi connectivity index (χ3n) is 13.7. The van der Waals surface area contributed by atoms with E-state index in [-0.39, 0.29) is 57.4 Å². The van der Waals surface area contributed by atoms with Crippen LogP contribution in [0.5, 0.6) is 11.5 Å². The smallest absolute Gasteiger partial charge is 0.410 e. The second-order valence-electron chi connectivity index (χ2n) is 18.9. The van der Waals surface area contributed by atoms with E-state index < -0.39 is 84.3 Å². The van der Waals surface area contributed by atoms with Crippen molar-refractivity contribution >= 4 is 80.1 Å². The van der Waals surface area contributed by atoms with Crippen LogP contribution in [0, 0.1) is 60.1 Å². The first kappa shape index (κ1) is 59.1. The molecule has 30 nitrogen and oxygen atoms in total. The summed E-state index contributed by atoms with van der Waals surface area (Å²) in [6.07, 6.45) is 2.68. The largest absolute Gasteiger partial charge is 0.415 e. The van der Waals surface area contributed by atoms with Gasteiger partial charge < -0.3 is 70.9 Å². The summed E-state index contributed by atoms with van der Waals surface area (Å²) in [4.78, 5) is 73.3. The predicted molar refractivity (Wildman–Crippen MR) is 290 cm³/mol. The maximum absolute atomic E-state index is 12.5. The number of nitrogens with two attached hydrogens (primary N) is 2. The maximum atomic E-state index is 12.5. The first-order valence-corrected chi connectivity index (χ1v) is 26.2. The molecule has 2 amide bonds. The Hall–Kier alpha value is -7.99. The van der Waals surface area contributed by atoms with Crippen LogP contribution in [-0.2, 0) is 9.47 Å². The zero-order valence-corrected chi connectivity index (χ0v) is 44.9. The molecule has 8 heterocycles. The van der Waals surface area contributed by atoms with Crippen LogP contribution in [-0.4, -0.2) is 178 Å². The minimum Gasteiger partial charge on any atom is -0.410 e. The number of nitro groups is 2. The SMILES string of the molecule is C#CCC1CCN(C(=O)Oc2cccc([N+](=O)[O-])c2)CC1.Nc1nc(C#CCC2CCN(C(=O)Oc3cccc([N+](=O)[O-])c3)CC2)nc2c1ncn2[C@@H]1O[C@H](CO)C(O)[C@@H]1O.Nc1nc(I)nc2c1ncn2[C@@H]1O[C@H](CO)C(O)[C@@H]1O. The van der Waals surface area contributed by atoms with Crippen molar-refractivity contribution in [1.82, 2.24) is 48.8 Å². The summed E-state index contributed by atoms with van der Waals surface area (Å²) in [6.45, 7) is 1.25. The first-order valence-electron chi connectivity index (χ1n) is 25.1. The number of nitrogen functional groups attached to an aromatic ring is 2. The molecule has 0 aliphatic carbocycles. The molecule has 0 spiro atoms. The molecule has 0 radical (unpaired) electrons. The molecule has 4 fully saturated rings. The van der Waals surface area contributed by atoms with Gasteiger partial charge in [0.1, 0.15) is 59.2 Å². The summed E-state index contributed by atoms with van der Waals surface area (Å²) in [7, 11) is 0. The van der Waals surface area contributed by atoms with Gasteiger partial charge in [-0.05, 0) is 55.6 Å². The number of aromatic nitrogens is 8. The van der Waals surface area contributed by atoms with Crippen LogP contribution in [0.15, 0.2) is 61.2 Å². The molecule has 81 heavy (non-hydrogen) atoms. The van der Waals surface area contributed by atoms with Gasteiger partial charge in [0.05, 0.1) is 47.8 Å². The highest BCUT2D eigenvalue weighted by molar-refractivity contribution is 14.1. The number of carbonyl (C=O) groups excluding carboxylic acids is 2. The lowest BCUT2D eigenvalue weighted by Crippen LogP contribution is -2.40. The van der Waals surface area contributed by atoms with Crippen LogP contribution < -0.4 is 20.9 Å². The number of amides is 2. The van der Waals surface area contributed by atoms with Gasteiger partial charge in [-0.3, -0.25) is 29.4 Å². The lowest BCUT2D eigenvalue weighted by Gasteiger charge is -2.30. The number of piperidine rings is 2. The molecular weight excluding hydrogens is 1180 g/mol. The molecule has 8 atom stereocenters. The van der Waals surface area contributed by atoms with Crippen LogP contribution in [0.25, 0.3) is 22.3 Å². The van der Waals surface area contributed by atoms with E-state index in [1.807, 2.05) is 22.6 Å². The maximum Gasteiger partial charge on any atom is 0.415 e. The number of aliphatic hydroxyl groups excluding tert-OH is 6. The van der Waals surface area contributed by atoms with Gasteiger partial charge in [0.2, 0.25) is 5.82 Å². The summed E-state index contributed by atoms with van der Waals surface area (Å²) in [5.41, 5.74) is 12.9. The minimum atomic E-state index is -1.31. The van der Waals surface area contributed by atoms with E-state index >= 15 is 0 Å². The fourth-order valence-electron chi connectivity index (χ4n) is 9.23. The van der Waals surface area contributed by atoms with Crippen LogP contribution in [0.1, 0.15) is 56.8 Å². The van der Waals surface area contributed by atoms with Gasteiger partial charge in [-0.25, -0.2) is 39.5 Å². The van der Waals surface area contributed by atoms with Crippen LogP contribution in [0.3, 0.4) is 0 Å². The number of hydrogen-bond donors (Lipinski definition) is 8. The van der Waals surface area contributed by atoms with Gasteiger partial charge in [0.25, 0.3) is 11.4 Å². The van der Waals surface area contributed by atoms with Gasteiger partial charge in [0.15, 0.2) is 39.2 Å². The summed E-state index contributed by atoms with van der Waals surface area (Å²) in [6, 6.07) is 11.1. The Morgan fingerprint density at radius 3 is 1.57 bits per heavy atom. The number of non-ortho nitro benzene ring substituents is 2. The van der Waals surface area contributed by atoms with E-state index in [1.165, 1.54) is 70.3 Å². The Kier molecular flexibility index (Phi) is 19.4. The standard InChI is InChI=1S/C25H27N7O8.C15H16N2O4.C10H12IN5O4/c26-22-19-23(31(13-27-19)24-21(35)20(34)17(12-33)40-24)29-18(28-22)6-1-3-14-7-9-30(10-8-14)25(36)39-16-5-2-4-15(11-16)32(37)38;1-2-4-12-7-9-16(10-8-12)15(18)21-14-6-3-5-13(11-14)17(19)20;11-10-14-7(12)4-8(15-10)16(2-13-4)9-6(19)5(18)3(1-17)20-9/h2,4-5,11,13-14,17,20-21,24,33-35H,3,7-10,12H2,(H2,26,28,29);1,3,5-6,11-12H,4,7-10H2;2-3,5-6,9,17-19H,1H2,(H2,12,14,15)/t17-,20?,21+,24-;;3-,5?,6+,9-/m1.1/s1. The highest BCUT2D eigenvalue weighted by atomic mass is 127. The molecule has 4 aliphatic rings. The highest BCUT2D eigenvalue weighted by Gasteiger charge is 2.45. The monoisotopic (exact) mass is 1230 g/mol. The lowest BCUT2D eigenvalue weighted by molar-refractivity contribution is -0.385. The van der Waals surface area contributed by atoms with Crippen molar-refractivity contribution in [2.75, 3.05) is 50.9 Å². The average molecular weight is 1230 g/mol. The summed E-state index contributed by atoms with van der Waals surface area (Å²) in [5.74, 6) is 10.1. The third-order valence-corrected chi connectivity index (χ3v) is 14.1. The number of terminal acetylenes is 1. The van der Waals surface area contributed by atoms with Gasteiger partial charge in [0, 0.05) is 73.7 Å². The molecule has 31 heteroatoms. The minimum absolute atomic E-state index is 0.0929. The van der Waals surface area contributed by atoms with Crippen LogP contribution in [0.2, 0.25) is 0 Å². The van der Waals surface area contributed by atoms with E-state index in [1.54, 1.807) is 9.80 Å². The van der Waals surface area contributed by atoms with E-state index in [9.17, 15) is 55.4 Å². The average Bonchev–Trinajstić information content (AvgIpc) is 4.40. The Bertz CT molecular complexity index is 3350. The fourth-order valence-corrected chi connectivity index (χ4v) is 9.72. The molecule has 4 aromatic heterocycles. The Balaban J connectivity index is 0.000000176. The number of benzene rings is 2. The number of likely N-dealkylation sites (tertiary alicyclic amines) is 2. The Morgan fingerprint density at radius 2 is 1.14 bits per heavy atom. The number of imidazole rings is 2. The molecule has 4 aliphatic heterocycles. The third kappa shape index (κ3) is 14.0. The molecule has 428 valence electrons. The molecule has 2 aromatic carbocycles. The summed E-state index contributed by atoms with van der Waals surface area (Å²) < 4.78 is 24.8. The van der Waals surface area contributed by atoms with Crippen LogP contribution >= 0.6 is 22.6 Å². The fraction of sp³-hybridized carbons (Fsp3) is 0.440. The molecule has 10 N–H and O–H groups in total. The Labute approximate surface area is 473 Å². The van der Waals surface area contributed by atoms with E-state index in [0.717, 1.165) is 19.3 Å². The number of nitro benzene ring substituents is 2. The topological polar surface area (TPSA) is 424 Å². The van der Waals surface area contributed by atoms with E-state index in [0.29, 0.717) is 66.4 Å². The van der Waals surface area contributed by atoms with Crippen molar-refractivity contribution in [3.05, 3.63) is 91.1 Å². The summed E-state index contributed by atoms with van der Waals surface area (Å²) >= 11 is 1.92. The van der Waals surface area contributed by atoms with Crippen molar-refractivity contribution in [2.24, 2.45) is 11.8 Å². The second-order valence-corrected chi connectivity index (χ2v) is 19.9. The number of aliphatic hydroxyl groups is 6. The molecule has 6 aromatic rings. The van der Waals surface area contributed by atoms with Crippen molar-refractivity contribution in [3.8, 4) is 35.7 Å². The first-order chi connectivity index (χ1) is 38.9. The molecule has 10 rings (SSSR count). The number of halogens is 1. The number of rotatable bonds is 10. The second kappa shape index (κ2) is 26.5. The number of hydrogen-bond acceptors (Lipinski definition) is 24. The van der Waals surface area contributed by atoms with Crippen molar-refractivity contribution < 1.29 is 69.0 Å². The predicted octanol–water partition coefficient (Wildman–Crippen LogP) is 2.03. The zero-order chi connectivity index (χ0) is 58.1.